The summed E-state index contributed by atoms with van der Waals surface area (Å²) in [7, 11) is 0. The Kier molecular flexibility index (Phi) is 7.09. The Labute approximate surface area is 200 Å². The third-order valence-corrected chi connectivity index (χ3v) is 6.00. The van der Waals surface area contributed by atoms with E-state index in [1.54, 1.807) is 11.8 Å². The number of nitrogens with zero attached hydrogens (tertiary/aromatic N) is 2. The van der Waals surface area contributed by atoms with Crippen molar-refractivity contribution >= 4 is 28.3 Å². The molecule has 3 aromatic rings. The maximum Gasteiger partial charge on any atom is 0.257 e. The third-order valence-electron chi connectivity index (χ3n) is 5.13. The Morgan fingerprint density at radius 1 is 1.21 bits per heavy atom. The third kappa shape index (κ3) is 5.52. The van der Waals surface area contributed by atoms with E-state index in [9.17, 15) is 19.1 Å². The van der Waals surface area contributed by atoms with E-state index in [0.717, 1.165) is 18.2 Å². The van der Waals surface area contributed by atoms with E-state index in [1.807, 2.05) is 12.3 Å². The molecule has 178 valence electrons. The lowest BCUT2D eigenvalue weighted by Crippen LogP contribution is -2.42. The summed E-state index contributed by atoms with van der Waals surface area (Å²) in [6.07, 6.45) is 0.414. The zero-order valence-corrected chi connectivity index (χ0v) is 19.5. The minimum Gasteiger partial charge on any atom is -0.488 e. The van der Waals surface area contributed by atoms with Crippen LogP contribution >= 0.6 is 11.3 Å². The number of aliphatic hydroxyl groups excluding tert-OH is 1. The first kappa shape index (κ1) is 23.7. The van der Waals surface area contributed by atoms with Crippen molar-refractivity contribution in [2.24, 2.45) is 0 Å². The molecule has 34 heavy (non-hydrogen) atoms. The summed E-state index contributed by atoms with van der Waals surface area (Å²) in [6, 6.07) is 8.47. The second kappa shape index (κ2) is 10.2. The number of ether oxygens (including phenoxy) is 2. The molecule has 0 saturated carbocycles. The largest absolute Gasteiger partial charge is 0.488 e. The van der Waals surface area contributed by atoms with Crippen LogP contribution in [0.4, 0.5) is 9.52 Å². The van der Waals surface area contributed by atoms with Crippen molar-refractivity contribution in [2.75, 3.05) is 25.0 Å². The molecule has 10 heteroatoms. The Bertz CT molecular complexity index is 1210. The molecule has 8 nitrogen and oxygen atoms in total. The van der Waals surface area contributed by atoms with Gasteiger partial charge in [-0.15, -0.1) is 11.3 Å². The Morgan fingerprint density at radius 3 is 2.59 bits per heavy atom. The van der Waals surface area contributed by atoms with Gasteiger partial charge in [-0.1, -0.05) is 0 Å². The summed E-state index contributed by atoms with van der Waals surface area (Å²) in [5.41, 5.74) is 1.23. The lowest BCUT2D eigenvalue weighted by Gasteiger charge is -2.30. The fourth-order valence-electron chi connectivity index (χ4n) is 3.23. The first-order valence-corrected chi connectivity index (χ1v) is 11.6. The standard InChI is InChI=1S/C24H24FN3O5S/c1-14-13-34-24(26-14)27-22(30)17-8-18(32-15(2)12-29)11-19(9-17)33-21-5-4-16(10-20(21)25)23(31)28-6-3-7-28/h4-5,8-11,13,15,29H,3,6-7,12H2,1-2H3,(H,26,27,30). The van der Waals surface area contributed by atoms with Crippen LogP contribution in [0.15, 0.2) is 41.8 Å². The van der Waals surface area contributed by atoms with Gasteiger partial charge in [-0.25, -0.2) is 9.37 Å². The zero-order chi connectivity index (χ0) is 24.2. The van der Waals surface area contributed by atoms with E-state index in [0.29, 0.717) is 18.2 Å². The normalized spacial score (nSPS) is 13.7. The highest BCUT2D eigenvalue weighted by atomic mass is 32.1. The summed E-state index contributed by atoms with van der Waals surface area (Å²) < 4.78 is 26.1. The summed E-state index contributed by atoms with van der Waals surface area (Å²) in [5.74, 6) is -1.05. The molecule has 1 aliphatic heterocycles. The number of nitrogens with one attached hydrogen (secondary N) is 1. The maximum atomic E-state index is 14.7. The zero-order valence-electron chi connectivity index (χ0n) is 18.7. The van der Waals surface area contributed by atoms with Gasteiger partial charge < -0.3 is 19.5 Å². The van der Waals surface area contributed by atoms with E-state index in [-0.39, 0.29) is 40.9 Å². The Morgan fingerprint density at radius 2 is 1.97 bits per heavy atom. The first-order valence-electron chi connectivity index (χ1n) is 10.7. The van der Waals surface area contributed by atoms with Gasteiger partial charge in [0, 0.05) is 35.7 Å². The van der Waals surface area contributed by atoms with Gasteiger partial charge in [0.15, 0.2) is 16.7 Å². The Balaban J connectivity index is 1.58. The van der Waals surface area contributed by atoms with Gasteiger partial charge in [0.2, 0.25) is 0 Å². The molecule has 4 rings (SSSR count). The smallest absolute Gasteiger partial charge is 0.257 e. The number of hydrogen-bond donors (Lipinski definition) is 2. The van der Waals surface area contributed by atoms with Gasteiger partial charge in [0.1, 0.15) is 17.6 Å². The summed E-state index contributed by atoms with van der Waals surface area (Å²) in [4.78, 5) is 31.0. The number of rotatable bonds is 8. The molecule has 1 saturated heterocycles. The van der Waals surface area contributed by atoms with Crippen molar-refractivity contribution in [2.45, 2.75) is 26.4 Å². The van der Waals surface area contributed by atoms with Gasteiger partial charge in [0.25, 0.3) is 11.8 Å². The number of anilines is 1. The monoisotopic (exact) mass is 485 g/mol. The van der Waals surface area contributed by atoms with Gasteiger partial charge >= 0.3 is 0 Å². The number of aromatic nitrogens is 1. The highest BCUT2D eigenvalue weighted by Gasteiger charge is 2.23. The van der Waals surface area contributed by atoms with Crippen LogP contribution in [0.3, 0.4) is 0 Å². The molecule has 0 spiro atoms. The van der Waals surface area contributed by atoms with Crippen LogP contribution in [-0.4, -0.2) is 52.6 Å². The topological polar surface area (TPSA) is 101 Å². The number of carbonyl (C=O) groups excluding carboxylic acids is 2. The average Bonchev–Trinajstić information content (AvgIpc) is 3.18. The molecule has 2 heterocycles. The number of halogens is 1. The number of amides is 2. The van der Waals surface area contributed by atoms with Crippen LogP contribution in [0.2, 0.25) is 0 Å². The maximum absolute atomic E-state index is 14.7. The van der Waals surface area contributed by atoms with E-state index in [4.69, 9.17) is 9.47 Å². The lowest BCUT2D eigenvalue weighted by molar-refractivity contribution is 0.0651. The molecule has 2 aromatic carbocycles. The molecule has 0 radical (unpaired) electrons. The molecule has 1 aromatic heterocycles. The van der Waals surface area contributed by atoms with Crippen molar-refractivity contribution in [3.63, 3.8) is 0 Å². The van der Waals surface area contributed by atoms with Crippen LogP contribution in [0, 0.1) is 12.7 Å². The molecular weight excluding hydrogens is 461 g/mol. The number of hydrogen-bond acceptors (Lipinski definition) is 7. The molecule has 1 aliphatic rings. The number of likely N-dealkylation sites (tertiary alicyclic amines) is 1. The van der Waals surface area contributed by atoms with E-state index < -0.39 is 17.8 Å². The molecule has 1 unspecified atom stereocenters. The molecule has 1 atom stereocenters. The van der Waals surface area contributed by atoms with E-state index in [1.165, 1.54) is 41.7 Å². The summed E-state index contributed by atoms with van der Waals surface area (Å²) in [6.45, 7) is 4.59. The van der Waals surface area contributed by atoms with Crippen molar-refractivity contribution in [3.8, 4) is 17.2 Å². The first-order chi connectivity index (χ1) is 16.3. The molecule has 0 bridgehead atoms. The number of aliphatic hydroxyl groups is 1. The summed E-state index contributed by atoms with van der Waals surface area (Å²) in [5, 5.41) is 14.3. The number of thiazole rings is 1. The molecule has 2 N–H and O–H groups in total. The van der Waals surface area contributed by atoms with Crippen LogP contribution in [0.25, 0.3) is 0 Å². The molecule has 1 fully saturated rings. The van der Waals surface area contributed by atoms with E-state index >= 15 is 0 Å². The van der Waals surface area contributed by atoms with Gasteiger partial charge in [-0.05, 0) is 50.6 Å². The van der Waals surface area contributed by atoms with Crippen molar-refractivity contribution < 1.29 is 28.6 Å². The van der Waals surface area contributed by atoms with Crippen LogP contribution in [-0.2, 0) is 0 Å². The average molecular weight is 486 g/mol. The Hall–Kier alpha value is -3.50. The van der Waals surface area contributed by atoms with Crippen molar-refractivity contribution in [1.29, 1.82) is 0 Å². The minimum atomic E-state index is -0.703. The minimum absolute atomic E-state index is 0.102. The lowest BCUT2D eigenvalue weighted by atomic mass is 10.1. The molecule has 0 aliphatic carbocycles. The molecule has 2 amide bonds. The van der Waals surface area contributed by atoms with Crippen LogP contribution in [0.1, 0.15) is 39.8 Å². The predicted molar refractivity (Wildman–Crippen MR) is 125 cm³/mol. The fourth-order valence-corrected chi connectivity index (χ4v) is 3.91. The van der Waals surface area contributed by atoms with Gasteiger partial charge in [0.05, 0.1) is 12.3 Å². The summed E-state index contributed by atoms with van der Waals surface area (Å²) >= 11 is 1.29. The predicted octanol–water partition coefficient (Wildman–Crippen LogP) is 4.24. The molecular formula is C24H24FN3O5S. The second-order valence-electron chi connectivity index (χ2n) is 7.95. The number of aryl methyl sites for hydroxylation is 1. The fraction of sp³-hybridized carbons (Fsp3) is 0.292. The quantitative estimate of drug-likeness (QED) is 0.495. The van der Waals surface area contributed by atoms with E-state index in [2.05, 4.69) is 10.3 Å². The van der Waals surface area contributed by atoms with Crippen molar-refractivity contribution in [1.82, 2.24) is 9.88 Å². The van der Waals surface area contributed by atoms with Crippen molar-refractivity contribution in [3.05, 3.63) is 64.4 Å². The van der Waals surface area contributed by atoms with Gasteiger partial charge in [-0.3, -0.25) is 14.9 Å². The number of carbonyl (C=O) groups is 2. The highest BCUT2D eigenvalue weighted by molar-refractivity contribution is 7.13. The SMILES string of the molecule is Cc1csc(NC(=O)c2cc(Oc3ccc(C(=O)N4CCC4)cc3F)cc(OC(C)CO)c2)n1. The van der Waals surface area contributed by atoms with Crippen LogP contribution < -0.4 is 14.8 Å². The number of benzene rings is 2. The van der Waals surface area contributed by atoms with Gasteiger partial charge in [-0.2, -0.15) is 0 Å². The van der Waals surface area contributed by atoms with Crippen LogP contribution in [0.5, 0.6) is 17.2 Å². The second-order valence-corrected chi connectivity index (χ2v) is 8.80. The highest BCUT2D eigenvalue weighted by Crippen LogP contribution is 2.31.